The van der Waals surface area contributed by atoms with E-state index in [4.69, 9.17) is 17.3 Å². The second kappa shape index (κ2) is 4.79. The maximum atomic E-state index is 11.8. The van der Waals surface area contributed by atoms with Crippen LogP contribution in [0.3, 0.4) is 0 Å². The summed E-state index contributed by atoms with van der Waals surface area (Å²) >= 11 is 6.14. The number of halogens is 1. The number of fused-ring (bicyclic) bond motifs is 3. The summed E-state index contributed by atoms with van der Waals surface area (Å²) in [6, 6.07) is 3.25. The Bertz CT molecular complexity index is 706. The second-order valence-corrected chi connectivity index (χ2v) is 5.74. The molecule has 0 unspecified atom stereocenters. The van der Waals surface area contributed by atoms with Crippen molar-refractivity contribution in [3.63, 3.8) is 0 Å². The van der Waals surface area contributed by atoms with Crippen LogP contribution in [0.15, 0.2) is 12.1 Å². The number of nitrogens with zero attached hydrogens (tertiary/aromatic N) is 1. The van der Waals surface area contributed by atoms with Gasteiger partial charge in [-0.15, -0.1) is 0 Å². The lowest BCUT2D eigenvalue weighted by Crippen LogP contribution is -2.24. The van der Waals surface area contributed by atoms with Crippen molar-refractivity contribution in [2.45, 2.75) is 26.2 Å². The van der Waals surface area contributed by atoms with E-state index in [0.29, 0.717) is 11.4 Å². The molecule has 0 atom stereocenters. The largest absolute Gasteiger partial charge is 0.396 e. The maximum Gasteiger partial charge on any atom is 0.323 e. The third-order valence-electron chi connectivity index (χ3n) is 4.02. The molecule has 4 nitrogen and oxygen atoms in total. The summed E-state index contributed by atoms with van der Waals surface area (Å²) in [5.74, 6) is 1.08. The van der Waals surface area contributed by atoms with E-state index in [9.17, 15) is 9.90 Å². The summed E-state index contributed by atoms with van der Waals surface area (Å²) in [5.41, 5.74) is 9.36. The van der Waals surface area contributed by atoms with Crippen molar-refractivity contribution < 1.29 is 9.90 Å². The van der Waals surface area contributed by atoms with Crippen LogP contribution in [-0.2, 0) is 12.8 Å². The van der Waals surface area contributed by atoms with Gasteiger partial charge in [-0.05, 0) is 49.4 Å². The molecule has 3 N–H and O–H groups in total. The van der Waals surface area contributed by atoms with E-state index in [0.717, 1.165) is 46.5 Å². The number of aryl methyl sites for hydroxylation is 1. The van der Waals surface area contributed by atoms with E-state index in [1.165, 1.54) is 0 Å². The van der Waals surface area contributed by atoms with Crippen LogP contribution < -0.4 is 5.73 Å². The van der Waals surface area contributed by atoms with E-state index < -0.39 is 6.03 Å². The van der Waals surface area contributed by atoms with Crippen LogP contribution >= 0.6 is 11.6 Å². The van der Waals surface area contributed by atoms with E-state index in [1.54, 1.807) is 4.57 Å². The van der Waals surface area contributed by atoms with Crippen molar-refractivity contribution in [2.75, 3.05) is 6.61 Å². The molecule has 0 aliphatic heterocycles. The quantitative estimate of drug-likeness (QED) is 0.848. The molecule has 0 saturated carbocycles. The highest BCUT2D eigenvalue weighted by Crippen LogP contribution is 2.37. The normalized spacial score (nSPS) is 15.6. The first-order valence-corrected chi connectivity index (χ1v) is 6.97. The Morgan fingerprint density at radius 3 is 2.85 bits per heavy atom. The first kappa shape index (κ1) is 13.5. The molecule has 3 rings (SSSR count). The fourth-order valence-corrected chi connectivity index (χ4v) is 3.43. The smallest absolute Gasteiger partial charge is 0.323 e. The molecule has 1 aliphatic carbocycles. The highest BCUT2D eigenvalue weighted by molar-refractivity contribution is 6.31. The fraction of sp³-hybridized carbons (Fsp3) is 0.333. The predicted molar refractivity (Wildman–Crippen MR) is 79.0 cm³/mol. The van der Waals surface area contributed by atoms with Crippen molar-refractivity contribution in [3.8, 4) is 0 Å². The second-order valence-electron chi connectivity index (χ2n) is 5.30. The van der Waals surface area contributed by atoms with E-state index in [1.807, 2.05) is 19.1 Å². The van der Waals surface area contributed by atoms with Crippen LogP contribution in [0.5, 0.6) is 0 Å². The predicted octanol–water partition coefficient (Wildman–Crippen LogP) is 2.59. The van der Waals surface area contributed by atoms with Crippen molar-refractivity contribution in [3.05, 3.63) is 39.9 Å². The topological polar surface area (TPSA) is 68.2 Å². The van der Waals surface area contributed by atoms with Crippen LogP contribution in [-0.4, -0.2) is 22.3 Å². The third kappa shape index (κ3) is 1.91. The zero-order valence-corrected chi connectivity index (χ0v) is 12.0. The van der Waals surface area contributed by atoms with Gasteiger partial charge in [0, 0.05) is 28.6 Å². The number of amides is 1. The molecule has 105 valence electrons. The minimum absolute atomic E-state index is 0.0855. The third-order valence-corrected chi connectivity index (χ3v) is 4.24. The van der Waals surface area contributed by atoms with Crippen LogP contribution in [0, 0.1) is 12.8 Å². The molecule has 5 heteroatoms. The average molecular weight is 292 g/mol. The number of carbonyl (C=O) groups excluding carboxylic acids is 1. The first-order chi connectivity index (χ1) is 9.52. The van der Waals surface area contributed by atoms with Gasteiger partial charge in [0.05, 0.1) is 5.52 Å². The van der Waals surface area contributed by atoms with Gasteiger partial charge in [0.25, 0.3) is 0 Å². The number of aliphatic hydroxyl groups is 1. The summed E-state index contributed by atoms with van der Waals surface area (Å²) in [7, 11) is 0. The molecular formula is C15H16ClN2O2. The number of hydrogen-bond donors (Lipinski definition) is 2. The van der Waals surface area contributed by atoms with Crippen LogP contribution in [0.4, 0.5) is 4.79 Å². The molecule has 1 aromatic heterocycles. The summed E-state index contributed by atoms with van der Waals surface area (Å²) in [6.45, 7) is 2.01. The molecular weight excluding hydrogens is 276 g/mol. The summed E-state index contributed by atoms with van der Waals surface area (Å²) in [5, 5.41) is 11.0. The minimum Gasteiger partial charge on any atom is -0.396 e. The van der Waals surface area contributed by atoms with Crippen molar-refractivity contribution in [2.24, 2.45) is 5.73 Å². The zero-order chi connectivity index (χ0) is 14.4. The van der Waals surface area contributed by atoms with Gasteiger partial charge in [0.2, 0.25) is 0 Å². The Hall–Kier alpha value is -1.52. The highest BCUT2D eigenvalue weighted by Gasteiger charge is 2.27. The Morgan fingerprint density at radius 1 is 1.45 bits per heavy atom. The van der Waals surface area contributed by atoms with Crippen LogP contribution in [0.1, 0.15) is 23.2 Å². The Balaban J connectivity index is 2.35. The molecule has 1 amide bonds. The Morgan fingerprint density at radius 2 is 2.20 bits per heavy atom. The number of aromatic nitrogens is 1. The van der Waals surface area contributed by atoms with Crippen molar-refractivity contribution in [1.82, 2.24) is 4.57 Å². The number of aliphatic hydroxyl groups excluding tert-OH is 1. The minimum atomic E-state index is -0.464. The van der Waals surface area contributed by atoms with E-state index >= 15 is 0 Å². The van der Waals surface area contributed by atoms with Gasteiger partial charge in [-0.2, -0.15) is 0 Å². The van der Waals surface area contributed by atoms with E-state index in [2.05, 4.69) is 0 Å². The molecule has 0 spiro atoms. The lowest BCUT2D eigenvalue weighted by atomic mass is 9.87. The van der Waals surface area contributed by atoms with Crippen LogP contribution in [0.25, 0.3) is 10.9 Å². The molecule has 1 aromatic carbocycles. The van der Waals surface area contributed by atoms with Gasteiger partial charge in [-0.3, -0.25) is 4.57 Å². The maximum absolute atomic E-state index is 11.8. The number of hydrogen-bond acceptors (Lipinski definition) is 2. The molecule has 1 aliphatic rings. The van der Waals surface area contributed by atoms with Gasteiger partial charge >= 0.3 is 6.03 Å². The van der Waals surface area contributed by atoms with Gasteiger partial charge in [0.15, 0.2) is 0 Å². The molecule has 0 saturated heterocycles. The number of nitrogens with two attached hydrogens (primary N) is 1. The lowest BCUT2D eigenvalue weighted by Gasteiger charge is -2.21. The highest BCUT2D eigenvalue weighted by atomic mass is 35.5. The molecule has 20 heavy (non-hydrogen) atoms. The lowest BCUT2D eigenvalue weighted by molar-refractivity contribution is 0.250. The van der Waals surface area contributed by atoms with Gasteiger partial charge in [0.1, 0.15) is 0 Å². The van der Waals surface area contributed by atoms with E-state index in [-0.39, 0.29) is 6.61 Å². The molecule has 0 bridgehead atoms. The average Bonchev–Trinajstić information content (AvgIpc) is 2.73. The first-order valence-electron chi connectivity index (χ1n) is 6.59. The molecule has 2 aromatic rings. The van der Waals surface area contributed by atoms with Gasteiger partial charge < -0.3 is 10.8 Å². The SMILES string of the molecule is Cc1cc(Cl)cc2c3c(n(C(N)=O)c12)CC[C](CO)C3. The van der Waals surface area contributed by atoms with Gasteiger partial charge in [-0.25, -0.2) is 4.79 Å². The number of rotatable bonds is 1. The zero-order valence-electron chi connectivity index (χ0n) is 11.2. The summed E-state index contributed by atoms with van der Waals surface area (Å²) in [6.07, 6.45) is 2.20. The number of primary amides is 1. The fourth-order valence-electron chi connectivity index (χ4n) is 3.16. The standard InChI is InChI=1S/C15H16ClN2O2/c1-8-4-10(16)6-12-11-5-9(7-19)2-3-13(11)18(14(8)12)15(17)20/h4,6,19H,2-3,5,7H2,1H3,(H2,17,20). The monoisotopic (exact) mass is 291 g/mol. The Labute approximate surface area is 122 Å². The number of carbonyl (C=O) groups is 1. The van der Waals surface area contributed by atoms with Crippen molar-refractivity contribution >= 4 is 28.5 Å². The van der Waals surface area contributed by atoms with Crippen LogP contribution in [0.2, 0.25) is 5.02 Å². The molecule has 1 radical (unpaired) electrons. The summed E-state index contributed by atoms with van der Waals surface area (Å²) in [4.78, 5) is 11.8. The Kier molecular flexibility index (Phi) is 3.22. The van der Waals surface area contributed by atoms with Crippen molar-refractivity contribution in [1.29, 1.82) is 0 Å². The molecule has 0 fully saturated rings. The number of benzene rings is 1. The molecule has 1 heterocycles. The van der Waals surface area contributed by atoms with Gasteiger partial charge in [-0.1, -0.05) is 11.6 Å². The summed E-state index contributed by atoms with van der Waals surface area (Å²) < 4.78 is 1.60.